The quantitative estimate of drug-likeness (QED) is 0.683. The molecule has 2 aromatic carbocycles. The fourth-order valence-electron chi connectivity index (χ4n) is 2.02. The molecule has 0 saturated carbocycles. The second kappa shape index (κ2) is 8.26. The first-order chi connectivity index (χ1) is 12.6. The molecule has 0 atom stereocenters. The number of rotatable bonds is 6. The topological polar surface area (TPSA) is 85.4 Å². The number of hydrogen-bond donors (Lipinski definition) is 2. The van der Waals surface area contributed by atoms with Gasteiger partial charge >= 0.3 is 6.03 Å². The van der Waals surface area contributed by atoms with Crippen LogP contribution in [-0.2, 0) is 6.61 Å². The molecule has 1 heterocycles. The fraction of sp³-hybridized carbons (Fsp3) is 0.118. The zero-order chi connectivity index (χ0) is 18.4. The number of nitrogens with zero attached hydrogens (tertiary/aromatic N) is 2. The Hall–Kier alpha value is -3.20. The number of ether oxygens (including phenoxy) is 2. The van der Waals surface area contributed by atoms with Crippen LogP contribution in [0.5, 0.6) is 11.5 Å². The van der Waals surface area contributed by atoms with Gasteiger partial charge in [0.1, 0.15) is 12.4 Å². The first-order valence-electron chi connectivity index (χ1n) is 7.56. The SMILES string of the molecule is COc1cccc(NC(=O)Nc2nnc(COc3ccccc3F)s2)c1. The largest absolute Gasteiger partial charge is 0.497 e. The molecule has 2 N–H and O–H groups in total. The maximum absolute atomic E-state index is 13.5. The number of para-hydroxylation sites is 1. The summed E-state index contributed by atoms with van der Waals surface area (Å²) in [6.45, 7) is 0.0534. The van der Waals surface area contributed by atoms with E-state index in [4.69, 9.17) is 9.47 Å². The van der Waals surface area contributed by atoms with Crippen LogP contribution in [0.2, 0.25) is 0 Å². The van der Waals surface area contributed by atoms with Gasteiger partial charge in [-0.25, -0.2) is 9.18 Å². The van der Waals surface area contributed by atoms with Crippen molar-refractivity contribution in [2.75, 3.05) is 17.7 Å². The number of anilines is 2. The normalized spacial score (nSPS) is 10.2. The predicted molar refractivity (Wildman–Crippen MR) is 96.3 cm³/mol. The van der Waals surface area contributed by atoms with Crippen molar-refractivity contribution in [3.8, 4) is 11.5 Å². The molecule has 9 heteroatoms. The molecule has 0 bridgehead atoms. The number of carbonyl (C=O) groups is 1. The lowest BCUT2D eigenvalue weighted by Crippen LogP contribution is -2.19. The Balaban J connectivity index is 1.54. The van der Waals surface area contributed by atoms with Crippen LogP contribution in [0, 0.1) is 5.82 Å². The molecule has 134 valence electrons. The molecular weight excluding hydrogens is 359 g/mol. The van der Waals surface area contributed by atoms with Gasteiger partial charge < -0.3 is 14.8 Å². The van der Waals surface area contributed by atoms with E-state index in [1.165, 1.54) is 12.1 Å². The Bertz CT molecular complexity index is 903. The van der Waals surface area contributed by atoms with Gasteiger partial charge in [-0.05, 0) is 24.3 Å². The third kappa shape index (κ3) is 4.67. The molecule has 2 amide bonds. The number of amides is 2. The van der Waals surface area contributed by atoms with E-state index in [0.29, 0.717) is 21.6 Å². The zero-order valence-corrected chi connectivity index (χ0v) is 14.5. The van der Waals surface area contributed by atoms with Crippen LogP contribution >= 0.6 is 11.3 Å². The van der Waals surface area contributed by atoms with Gasteiger partial charge in [0.25, 0.3) is 0 Å². The molecule has 0 unspecified atom stereocenters. The number of halogens is 1. The Kier molecular flexibility index (Phi) is 5.59. The van der Waals surface area contributed by atoms with Crippen molar-refractivity contribution in [2.24, 2.45) is 0 Å². The Labute approximate surface area is 152 Å². The predicted octanol–water partition coefficient (Wildman–Crippen LogP) is 3.91. The van der Waals surface area contributed by atoms with E-state index in [0.717, 1.165) is 11.3 Å². The molecular formula is C17H15FN4O3S. The number of methoxy groups -OCH3 is 1. The summed E-state index contributed by atoms with van der Waals surface area (Å²) >= 11 is 1.14. The van der Waals surface area contributed by atoms with Crippen LogP contribution in [0.3, 0.4) is 0 Å². The summed E-state index contributed by atoms with van der Waals surface area (Å²) in [4.78, 5) is 12.0. The summed E-state index contributed by atoms with van der Waals surface area (Å²) in [5.41, 5.74) is 0.578. The van der Waals surface area contributed by atoms with E-state index in [-0.39, 0.29) is 12.4 Å². The lowest BCUT2D eigenvalue weighted by molar-refractivity contribution is 0.262. The molecule has 0 fully saturated rings. The first-order valence-corrected chi connectivity index (χ1v) is 8.37. The molecule has 26 heavy (non-hydrogen) atoms. The molecule has 3 rings (SSSR count). The highest BCUT2D eigenvalue weighted by Crippen LogP contribution is 2.21. The number of nitrogens with one attached hydrogen (secondary N) is 2. The molecule has 0 aliphatic heterocycles. The maximum Gasteiger partial charge on any atom is 0.325 e. The molecule has 0 aliphatic carbocycles. The smallest absolute Gasteiger partial charge is 0.325 e. The summed E-state index contributed by atoms with van der Waals surface area (Å²) in [6, 6.07) is 12.6. The van der Waals surface area contributed by atoms with Crippen molar-refractivity contribution in [3.05, 3.63) is 59.4 Å². The Morgan fingerprint density at radius 3 is 2.81 bits per heavy atom. The summed E-state index contributed by atoms with van der Waals surface area (Å²) in [5.74, 6) is 0.312. The van der Waals surface area contributed by atoms with Gasteiger partial charge in [-0.3, -0.25) is 5.32 Å². The molecule has 0 aliphatic rings. The minimum absolute atomic E-state index is 0.0534. The third-order valence-electron chi connectivity index (χ3n) is 3.20. The van der Waals surface area contributed by atoms with Crippen LogP contribution in [0.1, 0.15) is 5.01 Å². The summed E-state index contributed by atoms with van der Waals surface area (Å²) in [6.07, 6.45) is 0. The monoisotopic (exact) mass is 374 g/mol. The second-order valence-corrected chi connectivity index (χ2v) is 6.09. The zero-order valence-electron chi connectivity index (χ0n) is 13.7. The van der Waals surface area contributed by atoms with E-state index >= 15 is 0 Å². The van der Waals surface area contributed by atoms with Crippen molar-refractivity contribution < 1.29 is 18.7 Å². The lowest BCUT2D eigenvalue weighted by Gasteiger charge is -2.06. The van der Waals surface area contributed by atoms with Crippen molar-refractivity contribution >= 4 is 28.2 Å². The van der Waals surface area contributed by atoms with Gasteiger partial charge in [-0.15, -0.1) is 10.2 Å². The number of benzene rings is 2. The Morgan fingerprint density at radius 1 is 1.15 bits per heavy atom. The number of urea groups is 1. The van der Waals surface area contributed by atoms with Gasteiger partial charge in [0.05, 0.1) is 7.11 Å². The standard InChI is InChI=1S/C17H15FN4O3S/c1-24-12-6-4-5-11(9-12)19-16(23)20-17-22-21-15(26-17)10-25-14-8-3-2-7-13(14)18/h2-9H,10H2,1H3,(H2,19,20,22,23). The van der Waals surface area contributed by atoms with Gasteiger partial charge in [0, 0.05) is 11.8 Å². The molecule has 1 aromatic heterocycles. The molecule has 7 nitrogen and oxygen atoms in total. The summed E-state index contributed by atoms with van der Waals surface area (Å²) in [5, 5.41) is 13.8. The number of carbonyl (C=O) groups excluding carboxylic acids is 1. The van der Waals surface area contributed by atoms with E-state index < -0.39 is 11.8 Å². The van der Waals surface area contributed by atoms with Crippen molar-refractivity contribution in [2.45, 2.75) is 6.61 Å². The van der Waals surface area contributed by atoms with Gasteiger partial charge in [0.2, 0.25) is 5.13 Å². The van der Waals surface area contributed by atoms with Crippen LogP contribution in [-0.4, -0.2) is 23.3 Å². The minimum Gasteiger partial charge on any atom is -0.497 e. The molecule has 3 aromatic rings. The minimum atomic E-state index is -0.462. The van der Waals surface area contributed by atoms with Crippen LogP contribution < -0.4 is 20.1 Å². The molecule has 0 spiro atoms. The first kappa shape index (κ1) is 17.6. The van der Waals surface area contributed by atoms with E-state index in [9.17, 15) is 9.18 Å². The summed E-state index contributed by atoms with van der Waals surface area (Å²) < 4.78 is 23.9. The average Bonchev–Trinajstić information content (AvgIpc) is 3.08. The van der Waals surface area contributed by atoms with Crippen molar-refractivity contribution in [3.63, 3.8) is 0 Å². The molecule has 0 saturated heterocycles. The Morgan fingerprint density at radius 2 is 2.00 bits per heavy atom. The summed E-state index contributed by atoms with van der Waals surface area (Å²) in [7, 11) is 1.55. The highest BCUT2D eigenvalue weighted by Gasteiger charge is 2.10. The highest BCUT2D eigenvalue weighted by molar-refractivity contribution is 7.15. The van der Waals surface area contributed by atoms with Gasteiger partial charge in [-0.1, -0.05) is 29.5 Å². The number of hydrogen-bond acceptors (Lipinski definition) is 6. The molecule has 0 radical (unpaired) electrons. The van der Waals surface area contributed by atoms with Gasteiger partial charge in [0.15, 0.2) is 16.6 Å². The van der Waals surface area contributed by atoms with Crippen LogP contribution in [0.15, 0.2) is 48.5 Å². The van der Waals surface area contributed by atoms with Crippen LogP contribution in [0.4, 0.5) is 20.0 Å². The maximum atomic E-state index is 13.5. The van der Waals surface area contributed by atoms with E-state index in [1.807, 2.05) is 0 Å². The van der Waals surface area contributed by atoms with Crippen LogP contribution in [0.25, 0.3) is 0 Å². The van der Waals surface area contributed by atoms with Crippen molar-refractivity contribution in [1.29, 1.82) is 0 Å². The average molecular weight is 374 g/mol. The highest BCUT2D eigenvalue weighted by atomic mass is 32.1. The second-order valence-electron chi connectivity index (χ2n) is 5.03. The number of aromatic nitrogens is 2. The van der Waals surface area contributed by atoms with E-state index in [1.54, 1.807) is 43.5 Å². The third-order valence-corrected chi connectivity index (χ3v) is 4.01. The lowest BCUT2D eigenvalue weighted by atomic mass is 10.3. The van der Waals surface area contributed by atoms with Crippen molar-refractivity contribution in [1.82, 2.24) is 10.2 Å². The fourth-order valence-corrected chi connectivity index (χ4v) is 2.67. The van der Waals surface area contributed by atoms with E-state index in [2.05, 4.69) is 20.8 Å². The van der Waals surface area contributed by atoms with Gasteiger partial charge in [-0.2, -0.15) is 0 Å².